The highest BCUT2D eigenvalue weighted by molar-refractivity contribution is 5.64. The first-order valence-electron chi connectivity index (χ1n) is 8.99. The molecule has 0 N–H and O–H groups in total. The third-order valence-corrected chi connectivity index (χ3v) is 4.81. The maximum Gasteiger partial charge on any atom is 0.225 e. The molecule has 0 saturated carbocycles. The van der Waals surface area contributed by atoms with Crippen LogP contribution in [0.25, 0.3) is 11.3 Å². The van der Waals surface area contributed by atoms with Gasteiger partial charge in [-0.15, -0.1) is 0 Å². The third-order valence-electron chi connectivity index (χ3n) is 4.81. The number of piperazine rings is 1. The number of aryl methyl sites for hydroxylation is 2. The fourth-order valence-electron chi connectivity index (χ4n) is 3.34. The van der Waals surface area contributed by atoms with Crippen molar-refractivity contribution in [3.63, 3.8) is 0 Å². The quantitative estimate of drug-likeness (QED) is 0.712. The van der Waals surface area contributed by atoms with E-state index in [9.17, 15) is 4.39 Å². The Morgan fingerprint density at radius 3 is 2.33 bits per heavy atom. The zero-order valence-electron chi connectivity index (χ0n) is 15.4. The van der Waals surface area contributed by atoms with E-state index in [4.69, 9.17) is 0 Å². The zero-order chi connectivity index (χ0) is 18.8. The maximum atomic E-state index is 14.2. The lowest BCUT2D eigenvalue weighted by Gasteiger charge is -2.35. The van der Waals surface area contributed by atoms with Crippen LogP contribution in [0.5, 0.6) is 0 Å². The number of halogens is 1. The molecule has 0 spiro atoms. The Bertz CT molecular complexity index is 953. The first-order chi connectivity index (χ1) is 13.1. The van der Waals surface area contributed by atoms with E-state index in [1.807, 2.05) is 19.9 Å². The van der Waals surface area contributed by atoms with E-state index < -0.39 is 0 Å². The van der Waals surface area contributed by atoms with E-state index in [0.717, 1.165) is 43.3 Å². The van der Waals surface area contributed by atoms with Gasteiger partial charge in [-0.2, -0.15) is 0 Å². The summed E-state index contributed by atoms with van der Waals surface area (Å²) in [6, 6.07) is 6.72. The molecule has 0 aliphatic carbocycles. The Morgan fingerprint density at radius 1 is 0.889 bits per heavy atom. The largest absolute Gasteiger partial charge is 0.352 e. The average Bonchev–Trinajstić information content (AvgIpc) is 2.70. The molecule has 27 heavy (non-hydrogen) atoms. The molecule has 0 bridgehead atoms. The van der Waals surface area contributed by atoms with Crippen molar-refractivity contribution >= 4 is 11.8 Å². The molecule has 7 heteroatoms. The predicted octanol–water partition coefficient (Wildman–Crippen LogP) is 3.02. The van der Waals surface area contributed by atoms with Gasteiger partial charge in [-0.05, 0) is 31.5 Å². The summed E-state index contributed by atoms with van der Waals surface area (Å²) in [5, 5.41) is 0. The number of hydrogen-bond donors (Lipinski definition) is 0. The van der Waals surface area contributed by atoms with Crippen LogP contribution >= 0.6 is 0 Å². The molecule has 1 aliphatic heterocycles. The minimum absolute atomic E-state index is 0.270. The molecule has 1 aliphatic rings. The number of nitrogens with zero attached hydrogens (tertiary/aromatic N) is 6. The summed E-state index contributed by atoms with van der Waals surface area (Å²) in [6.45, 7) is 7.04. The van der Waals surface area contributed by atoms with E-state index in [1.54, 1.807) is 30.7 Å². The van der Waals surface area contributed by atoms with Crippen molar-refractivity contribution in [3.8, 4) is 11.3 Å². The third kappa shape index (κ3) is 3.45. The summed E-state index contributed by atoms with van der Waals surface area (Å²) in [6.07, 6.45) is 5.20. The Hall–Kier alpha value is -3.09. The summed E-state index contributed by atoms with van der Waals surface area (Å²) in [5.41, 5.74) is 2.94. The van der Waals surface area contributed by atoms with Crippen molar-refractivity contribution < 1.29 is 4.39 Å². The first-order valence-corrected chi connectivity index (χ1v) is 8.99. The molecule has 1 fully saturated rings. The van der Waals surface area contributed by atoms with Gasteiger partial charge in [-0.25, -0.2) is 19.3 Å². The molecular formula is C20H21FN6. The van der Waals surface area contributed by atoms with Gasteiger partial charge in [0.2, 0.25) is 5.95 Å². The van der Waals surface area contributed by atoms with Crippen LogP contribution in [0, 0.1) is 19.7 Å². The van der Waals surface area contributed by atoms with Gasteiger partial charge < -0.3 is 9.80 Å². The van der Waals surface area contributed by atoms with E-state index in [0.29, 0.717) is 17.2 Å². The normalized spacial score (nSPS) is 14.5. The van der Waals surface area contributed by atoms with Crippen LogP contribution in [0.3, 0.4) is 0 Å². The first kappa shape index (κ1) is 17.3. The second kappa shape index (κ2) is 7.26. The molecule has 4 rings (SSSR count). The highest BCUT2D eigenvalue weighted by atomic mass is 19.1. The molecule has 2 aromatic heterocycles. The summed E-state index contributed by atoms with van der Waals surface area (Å²) >= 11 is 0. The van der Waals surface area contributed by atoms with E-state index in [-0.39, 0.29) is 5.82 Å². The van der Waals surface area contributed by atoms with Crippen LogP contribution < -0.4 is 9.80 Å². The molecule has 1 saturated heterocycles. The fraction of sp³-hybridized carbons (Fsp3) is 0.300. The molecule has 3 aromatic rings. The summed E-state index contributed by atoms with van der Waals surface area (Å²) in [5.74, 6) is 1.29. The lowest BCUT2D eigenvalue weighted by Crippen LogP contribution is -2.47. The Kier molecular flexibility index (Phi) is 4.66. The molecule has 6 nitrogen and oxygen atoms in total. The topological polar surface area (TPSA) is 58.0 Å². The predicted molar refractivity (Wildman–Crippen MR) is 103 cm³/mol. The molecule has 0 unspecified atom stereocenters. The number of rotatable bonds is 3. The van der Waals surface area contributed by atoms with Gasteiger partial charge in [0.1, 0.15) is 11.6 Å². The highest BCUT2D eigenvalue weighted by Gasteiger charge is 2.22. The molecule has 0 radical (unpaired) electrons. The second-order valence-electron chi connectivity index (χ2n) is 6.62. The lowest BCUT2D eigenvalue weighted by molar-refractivity contribution is 0.627. The molecule has 3 heterocycles. The van der Waals surface area contributed by atoms with Gasteiger partial charge in [0, 0.05) is 50.3 Å². The Balaban J connectivity index is 1.55. The Labute approximate surface area is 157 Å². The van der Waals surface area contributed by atoms with Crippen LogP contribution in [0.4, 0.5) is 16.2 Å². The van der Waals surface area contributed by atoms with Crippen molar-refractivity contribution in [2.75, 3.05) is 36.0 Å². The fourth-order valence-corrected chi connectivity index (χ4v) is 3.34. The van der Waals surface area contributed by atoms with Gasteiger partial charge in [-0.3, -0.25) is 4.98 Å². The van der Waals surface area contributed by atoms with Gasteiger partial charge in [0.25, 0.3) is 0 Å². The average molecular weight is 364 g/mol. The smallest absolute Gasteiger partial charge is 0.225 e. The summed E-state index contributed by atoms with van der Waals surface area (Å²) in [4.78, 5) is 22.3. The number of aromatic nitrogens is 4. The van der Waals surface area contributed by atoms with E-state index in [1.165, 1.54) is 6.07 Å². The van der Waals surface area contributed by atoms with E-state index >= 15 is 0 Å². The zero-order valence-corrected chi connectivity index (χ0v) is 15.4. The van der Waals surface area contributed by atoms with Gasteiger partial charge in [0.05, 0.1) is 11.4 Å². The number of hydrogen-bond acceptors (Lipinski definition) is 6. The summed E-state index contributed by atoms with van der Waals surface area (Å²) < 4.78 is 14.2. The van der Waals surface area contributed by atoms with Crippen molar-refractivity contribution in [2.45, 2.75) is 13.8 Å². The van der Waals surface area contributed by atoms with Gasteiger partial charge in [0.15, 0.2) is 0 Å². The molecular weight excluding hydrogens is 343 g/mol. The second-order valence-corrected chi connectivity index (χ2v) is 6.62. The monoisotopic (exact) mass is 364 g/mol. The minimum atomic E-state index is -0.270. The van der Waals surface area contributed by atoms with Crippen LogP contribution in [0.1, 0.15) is 11.3 Å². The van der Waals surface area contributed by atoms with Crippen LogP contribution in [0.15, 0.2) is 42.9 Å². The van der Waals surface area contributed by atoms with Crippen LogP contribution in [-0.4, -0.2) is 46.1 Å². The van der Waals surface area contributed by atoms with Crippen LogP contribution in [0.2, 0.25) is 0 Å². The SMILES string of the molecule is Cc1cnc(N2CCN(c3nccnc3C)CC2)nc1-c1ccccc1F. The van der Waals surface area contributed by atoms with Gasteiger partial charge in [-0.1, -0.05) is 12.1 Å². The molecule has 1 aromatic carbocycles. The van der Waals surface area contributed by atoms with Crippen molar-refractivity contribution in [2.24, 2.45) is 0 Å². The minimum Gasteiger partial charge on any atom is -0.352 e. The standard InChI is InChI=1S/C20H21FN6/c1-14-13-24-20(25-18(14)16-5-3-4-6-17(16)21)27-11-9-26(10-12-27)19-15(2)22-7-8-23-19/h3-8,13H,9-12H2,1-2H3. The Morgan fingerprint density at radius 2 is 1.59 bits per heavy atom. The van der Waals surface area contributed by atoms with Crippen molar-refractivity contribution in [1.82, 2.24) is 19.9 Å². The molecule has 138 valence electrons. The van der Waals surface area contributed by atoms with E-state index in [2.05, 4.69) is 29.7 Å². The highest BCUT2D eigenvalue weighted by Crippen LogP contribution is 2.26. The summed E-state index contributed by atoms with van der Waals surface area (Å²) in [7, 11) is 0. The number of benzene rings is 1. The van der Waals surface area contributed by atoms with Gasteiger partial charge >= 0.3 is 0 Å². The molecule has 0 atom stereocenters. The lowest BCUT2D eigenvalue weighted by atomic mass is 10.1. The van der Waals surface area contributed by atoms with Crippen molar-refractivity contribution in [1.29, 1.82) is 0 Å². The van der Waals surface area contributed by atoms with Crippen molar-refractivity contribution in [3.05, 3.63) is 59.9 Å². The number of anilines is 2. The maximum absolute atomic E-state index is 14.2. The molecule has 0 amide bonds. The van der Waals surface area contributed by atoms with Crippen LogP contribution in [-0.2, 0) is 0 Å².